The van der Waals surface area contributed by atoms with Gasteiger partial charge in [-0.2, -0.15) is 5.10 Å². The van der Waals surface area contributed by atoms with E-state index in [0.29, 0.717) is 17.3 Å². The maximum Gasteiger partial charge on any atom is 0.159 e. The van der Waals surface area contributed by atoms with Crippen LogP contribution in [-0.4, -0.2) is 14.8 Å². The molecule has 2 N–H and O–H groups in total. The number of rotatable bonds is 2. The molecule has 0 saturated heterocycles. The van der Waals surface area contributed by atoms with E-state index in [1.165, 1.54) is 0 Å². The molecule has 18 heavy (non-hydrogen) atoms. The summed E-state index contributed by atoms with van der Waals surface area (Å²) in [5, 5.41) is 5.60. The predicted octanol–water partition coefficient (Wildman–Crippen LogP) is 2.72. The van der Waals surface area contributed by atoms with Gasteiger partial charge < -0.3 is 5.73 Å². The Morgan fingerprint density at radius 1 is 1.17 bits per heavy atom. The highest BCUT2D eigenvalue weighted by atomic mass is 35.5. The lowest BCUT2D eigenvalue weighted by Gasteiger charge is -2.04. The fraction of sp³-hybridized carbons (Fsp3) is 0.0769. The Hall–Kier alpha value is -2.07. The third-order valence-corrected chi connectivity index (χ3v) is 3.22. The highest BCUT2D eigenvalue weighted by Crippen LogP contribution is 2.27. The number of nitrogens with zero attached hydrogens (tertiary/aromatic N) is 3. The van der Waals surface area contributed by atoms with Crippen LogP contribution >= 0.6 is 11.6 Å². The average Bonchev–Trinajstić information content (AvgIpc) is 2.79. The number of nitrogens with two attached hydrogens (primary N) is 1. The first-order valence-electron chi connectivity index (χ1n) is 5.55. The van der Waals surface area contributed by atoms with Crippen LogP contribution in [0.15, 0.2) is 42.7 Å². The van der Waals surface area contributed by atoms with Crippen molar-refractivity contribution >= 4 is 28.3 Å². The van der Waals surface area contributed by atoms with Crippen LogP contribution < -0.4 is 5.73 Å². The van der Waals surface area contributed by atoms with E-state index in [1.807, 2.05) is 35.0 Å². The summed E-state index contributed by atoms with van der Waals surface area (Å²) in [5.41, 5.74) is 8.10. The molecule has 5 heteroatoms. The summed E-state index contributed by atoms with van der Waals surface area (Å²) in [6.07, 6.45) is 3.26. The average molecular weight is 259 g/mol. The molecule has 0 bridgehead atoms. The molecule has 0 amide bonds. The number of anilines is 1. The molecular formula is C13H11ClN4. The predicted molar refractivity (Wildman–Crippen MR) is 72.5 cm³/mol. The molecule has 0 unspecified atom stereocenters. The summed E-state index contributed by atoms with van der Waals surface area (Å²) < 4.78 is 1.82. The quantitative estimate of drug-likeness (QED) is 0.769. The minimum atomic E-state index is 0.475. The van der Waals surface area contributed by atoms with E-state index in [1.54, 1.807) is 12.4 Å². The molecule has 0 aliphatic carbocycles. The van der Waals surface area contributed by atoms with Crippen LogP contribution in [0.2, 0.25) is 5.02 Å². The van der Waals surface area contributed by atoms with Crippen molar-refractivity contribution in [3.8, 4) is 0 Å². The van der Waals surface area contributed by atoms with Crippen molar-refractivity contribution in [3.05, 3.63) is 53.3 Å². The Balaban J connectivity index is 2.06. The van der Waals surface area contributed by atoms with Gasteiger partial charge in [0.1, 0.15) is 0 Å². The topological polar surface area (TPSA) is 56.7 Å². The third kappa shape index (κ3) is 1.80. The number of nitrogen functional groups attached to an aromatic ring is 1. The van der Waals surface area contributed by atoms with Gasteiger partial charge in [0.25, 0.3) is 0 Å². The fourth-order valence-electron chi connectivity index (χ4n) is 1.88. The minimum Gasteiger partial charge on any atom is -0.396 e. The monoisotopic (exact) mass is 258 g/mol. The van der Waals surface area contributed by atoms with Gasteiger partial charge in [-0.05, 0) is 5.56 Å². The van der Waals surface area contributed by atoms with Gasteiger partial charge in [0, 0.05) is 0 Å². The van der Waals surface area contributed by atoms with Crippen LogP contribution in [0.4, 0.5) is 5.69 Å². The number of benzene rings is 1. The molecule has 0 radical (unpaired) electrons. The Labute approximate surface area is 109 Å². The van der Waals surface area contributed by atoms with E-state index in [0.717, 1.165) is 16.6 Å². The van der Waals surface area contributed by atoms with E-state index in [2.05, 4.69) is 10.1 Å². The second-order valence-electron chi connectivity index (χ2n) is 4.05. The van der Waals surface area contributed by atoms with Gasteiger partial charge >= 0.3 is 0 Å². The van der Waals surface area contributed by atoms with Crippen LogP contribution in [-0.2, 0) is 6.54 Å². The zero-order valence-electron chi connectivity index (χ0n) is 9.55. The van der Waals surface area contributed by atoms with Crippen molar-refractivity contribution in [1.29, 1.82) is 0 Å². The van der Waals surface area contributed by atoms with Crippen molar-refractivity contribution < 1.29 is 0 Å². The van der Waals surface area contributed by atoms with Gasteiger partial charge in [-0.25, -0.2) is 9.67 Å². The minimum absolute atomic E-state index is 0.475. The van der Waals surface area contributed by atoms with Gasteiger partial charge in [0.15, 0.2) is 5.65 Å². The van der Waals surface area contributed by atoms with E-state index < -0.39 is 0 Å². The SMILES string of the molecule is Nc1cnc2c(cnn2Cc2ccccc2)c1Cl. The Kier molecular flexibility index (Phi) is 2.64. The number of halogens is 1. The number of aromatic nitrogens is 3. The molecule has 0 spiro atoms. The molecule has 1 aromatic carbocycles. The van der Waals surface area contributed by atoms with Crippen LogP contribution in [0, 0.1) is 0 Å². The molecule has 2 aromatic heterocycles. The molecule has 0 saturated carbocycles. The van der Waals surface area contributed by atoms with Crippen LogP contribution in [0.5, 0.6) is 0 Å². The van der Waals surface area contributed by atoms with E-state index >= 15 is 0 Å². The van der Waals surface area contributed by atoms with Gasteiger partial charge in [-0.15, -0.1) is 0 Å². The van der Waals surface area contributed by atoms with Crippen LogP contribution in [0.1, 0.15) is 5.56 Å². The van der Waals surface area contributed by atoms with Gasteiger partial charge in [-0.1, -0.05) is 41.9 Å². The molecule has 0 atom stereocenters. The van der Waals surface area contributed by atoms with Crippen LogP contribution in [0.3, 0.4) is 0 Å². The molecule has 0 aliphatic heterocycles. The first-order chi connectivity index (χ1) is 8.75. The molecule has 0 fully saturated rings. The first kappa shape index (κ1) is 11.0. The maximum atomic E-state index is 6.12. The van der Waals surface area contributed by atoms with Crippen molar-refractivity contribution in [2.24, 2.45) is 0 Å². The van der Waals surface area contributed by atoms with Crippen molar-refractivity contribution in [1.82, 2.24) is 14.8 Å². The number of hydrogen-bond acceptors (Lipinski definition) is 3. The normalized spacial score (nSPS) is 10.9. The Morgan fingerprint density at radius 3 is 2.72 bits per heavy atom. The molecule has 3 aromatic rings. The third-order valence-electron chi connectivity index (χ3n) is 2.80. The van der Waals surface area contributed by atoms with Gasteiger partial charge in [-0.3, -0.25) is 0 Å². The molecule has 3 rings (SSSR count). The first-order valence-corrected chi connectivity index (χ1v) is 5.93. The lowest BCUT2D eigenvalue weighted by molar-refractivity contribution is 0.704. The van der Waals surface area contributed by atoms with E-state index in [-0.39, 0.29) is 0 Å². The zero-order valence-corrected chi connectivity index (χ0v) is 10.3. The van der Waals surface area contributed by atoms with Crippen LogP contribution in [0.25, 0.3) is 11.0 Å². The lowest BCUT2D eigenvalue weighted by Crippen LogP contribution is -2.02. The van der Waals surface area contributed by atoms with Crippen molar-refractivity contribution in [3.63, 3.8) is 0 Å². The highest BCUT2D eigenvalue weighted by Gasteiger charge is 2.10. The summed E-state index contributed by atoms with van der Waals surface area (Å²) >= 11 is 6.12. The molecule has 4 nitrogen and oxygen atoms in total. The smallest absolute Gasteiger partial charge is 0.159 e. The van der Waals surface area contributed by atoms with Gasteiger partial charge in [0.05, 0.1) is 35.0 Å². The Bertz CT molecular complexity index is 691. The maximum absolute atomic E-state index is 6.12. The summed E-state index contributed by atoms with van der Waals surface area (Å²) in [5.74, 6) is 0. The second-order valence-corrected chi connectivity index (χ2v) is 4.43. The fourth-order valence-corrected chi connectivity index (χ4v) is 2.07. The van der Waals surface area contributed by atoms with E-state index in [9.17, 15) is 0 Å². The highest BCUT2D eigenvalue weighted by molar-refractivity contribution is 6.37. The zero-order chi connectivity index (χ0) is 12.5. The molecular weight excluding hydrogens is 248 g/mol. The Morgan fingerprint density at radius 2 is 1.94 bits per heavy atom. The largest absolute Gasteiger partial charge is 0.396 e. The lowest BCUT2D eigenvalue weighted by atomic mass is 10.2. The van der Waals surface area contributed by atoms with Gasteiger partial charge in [0.2, 0.25) is 0 Å². The standard InChI is InChI=1S/C13H11ClN4/c14-12-10-6-17-18(13(10)16-7-11(12)15)8-9-4-2-1-3-5-9/h1-7H,8,15H2. The molecule has 0 aliphatic rings. The number of hydrogen-bond donors (Lipinski definition) is 1. The molecule has 2 heterocycles. The van der Waals surface area contributed by atoms with E-state index in [4.69, 9.17) is 17.3 Å². The number of fused-ring (bicyclic) bond motifs is 1. The summed E-state index contributed by atoms with van der Waals surface area (Å²) in [7, 11) is 0. The second kappa shape index (κ2) is 4.31. The summed E-state index contributed by atoms with van der Waals surface area (Å²) in [6, 6.07) is 10.1. The summed E-state index contributed by atoms with van der Waals surface area (Å²) in [4.78, 5) is 4.29. The number of pyridine rings is 1. The van der Waals surface area contributed by atoms with Crippen molar-refractivity contribution in [2.45, 2.75) is 6.54 Å². The van der Waals surface area contributed by atoms with Crippen molar-refractivity contribution in [2.75, 3.05) is 5.73 Å². The molecule has 90 valence electrons. The summed E-state index contributed by atoms with van der Waals surface area (Å²) in [6.45, 7) is 0.664.